The van der Waals surface area contributed by atoms with Gasteiger partial charge in [-0.05, 0) is 62.1 Å². The molecule has 1 fully saturated rings. The van der Waals surface area contributed by atoms with Crippen LogP contribution in [0.25, 0.3) is 0 Å². The first kappa shape index (κ1) is 18.9. The summed E-state index contributed by atoms with van der Waals surface area (Å²) in [6, 6.07) is 10.0. The van der Waals surface area contributed by atoms with Gasteiger partial charge < -0.3 is 5.32 Å². The van der Waals surface area contributed by atoms with Crippen molar-refractivity contribution in [2.24, 2.45) is 0 Å². The molecule has 0 radical (unpaired) electrons. The zero-order chi connectivity index (χ0) is 18.9. The molecule has 1 aliphatic heterocycles. The van der Waals surface area contributed by atoms with Gasteiger partial charge in [0.15, 0.2) is 0 Å². The highest BCUT2D eigenvalue weighted by Crippen LogP contribution is 2.30. The minimum atomic E-state index is -3.66. The Balaban J connectivity index is 1.90. The summed E-state index contributed by atoms with van der Waals surface area (Å²) in [6.07, 6.45) is 1.69. The molecule has 5 nitrogen and oxygen atoms in total. The molecule has 1 amide bonds. The summed E-state index contributed by atoms with van der Waals surface area (Å²) in [7, 11) is -3.66. The minimum Gasteiger partial charge on any atom is -0.322 e. The van der Waals surface area contributed by atoms with E-state index in [1.54, 1.807) is 12.1 Å². The number of aryl methyl sites for hydroxylation is 1. The van der Waals surface area contributed by atoms with Gasteiger partial charge in [0.1, 0.15) is 4.90 Å². The lowest BCUT2D eigenvalue weighted by Crippen LogP contribution is -2.28. The number of benzene rings is 2. The molecule has 2 aromatic carbocycles. The molecule has 0 unspecified atom stereocenters. The molecule has 26 heavy (non-hydrogen) atoms. The number of carbonyl (C=O) groups excluding carboxylic acids is 1. The highest BCUT2D eigenvalue weighted by atomic mass is 35.5. The van der Waals surface area contributed by atoms with Gasteiger partial charge in [0.25, 0.3) is 5.91 Å². The van der Waals surface area contributed by atoms with Gasteiger partial charge in [0.2, 0.25) is 10.0 Å². The molecule has 1 saturated heterocycles. The van der Waals surface area contributed by atoms with E-state index < -0.39 is 10.0 Å². The van der Waals surface area contributed by atoms with Crippen LogP contribution in [0.2, 0.25) is 5.02 Å². The SMILES string of the molecule is Cc1cccc(C(=O)Nc2ccc(Cl)c(S(=O)(=O)N3CCCC3)c2)c1C. The molecule has 1 N–H and O–H groups in total. The first-order valence-electron chi connectivity index (χ1n) is 8.48. The number of nitrogens with one attached hydrogen (secondary N) is 1. The fourth-order valence-corrected chi connectivity index (χ4v) is 5.06. The van der Waals surface area contributed by atoms with E-state index in [1.807, 2.05) is 26.0 Å². The molecule has 0 atom stereocenters. The van der Waals surface area contributed by atoms with Crippen LogP contribution < -0.4 is 5.32 Å². The molecule has 1 aliphatic rings. The smallest absolute Gasteiger partial charge is 0.255 e. The number of rotatable bonds is 4. The number of hydrogen-bond donors (Lipinski definition) is 1. The fraction of sp³-hybridized carbons (Fsp3) is 0.316. The third kappa shape index (κ3) is 3.63. The van der Waals surface area contributed by atoms with Crippen molar-refractivity contribution in [1.29, 1.82) is 0 Å². The van der Waals surface area contributed by atoms with Crippen LogP contribution in [0, 0.1) is 13.8 Å². The van der Waals surface area contributed by atoms with E-state index in [9.17, 15) is 13.2 Å². The largest absolute Gasteiger partial charge is 0.322 e. The second-order valence-corrected chi connectivity index (χ2v) is 8.77. The molecule has 1 heterocycles. The summed E-state index contributed by atoms with van der Waals surface area (Å²) < 4.78 is 27.0. The lowest BCUT2D eigenvalue weighted by Gasteiger charge is -2.17. The molecule has 0 aliphatic carbocycles. The summed E-state index contributed by atoms with van der Waals surface area (Å²) in [4.78, 5) is 12.6. The maximum atomic E-state index is 12.8. The molecular weight excluding hydrogens is 372 g/mol. The predicted molar refractivity (Wildman–Crippen MR) is 103 cm³/mol. The molecule has 3 rings (SSSR count). The molecule has 2 aromatic rings. The van der Waals surface area contributed by atoms with E-state index in [1.165, 1.54) is 16.4 Å². The fourth-order valence-electron chi connectivity index (χ4n) is 3.04. The van der Waals surface area contributed by atoms with E-state index in [0.717, 1.165) is 24.0 Å². The summed E-state index contributed by atoms with van der Waals surface area (Å²) in [5.74, 6) is -0.280. The Morgan fingerprint density at radius 1 is 1.12 bits per heavy atom. The van der Waals surface area contributed by atoms with Crippen molar-refractivity contribution in [1.82, 2.24) is 4.31 Å². The summed E-state index contributed by atoms with van der Waals surface area (Å²) in [5, 5.41) is 2.93. The second-order valence-electron chi connectivity index (χ2n) is 6.46. The average molecular weight is 393 g/mol. The lowest BCUT2D eigenvalue weighted by atomic mass is 10.0. The summed E-state index contributed by atoms with van der Waals surface area (Å²) in [5.41, 5.74) is 2.87. The first-order valence-corrected chi connectivity index (χ1v) is 10.3. The van der Waals surface area contributed by atoms with Gasteiger partial charge in [-0.2, -0.15) is 4.31 Å². The van der Waals surface area contributed by atoms with Crippen molar-refractivity contribution >= 4 is 33.2 Å². The van der Waals surface area contributed by atoms with E-state index >= 15 is 0 Å². The van der Waals surface area contributed by atoms with Crippen LogP contribution in [-0.2, 0) is 10.0 Å². The Hall–Kier alpha value is -1.89. The number of amides is 1. The zero-order valence-electron chi connectivity index (χ0n) is 14.8. The minimum absolute atomic E-state index is 0.0276. The molecule has 0 saturated carbocycles. The number of halogens is 1. The Morgan fingerprint density at radius 3 is 2.50 bits per heavy atom. The van der Waals surface area contributed by atoms with Crippen LogP contribution in [0.5, 0.6) is 0 Å². The number of sulfonamides is 1. The Labute approximate surface area is 159 Å². The normalized spacial score (nSPS) is 15.2. The van der Waals surface area contributed by atoms with Crippen LogP contribution >= 0.6 is 11.6 Å². The number of nitrogens with zero attached hydrogens (tertiary/aromatic N) is 1. The molecule has 7 heteroatoms. The number of anilines is 1. The molecule has 0 spiro atoms. The highest BCUT2D eigenvalue weighted by molar-refractivity contribution is 7.89. The molecule has 0 aromatic heterocycles. The third-order valence-corrected chi connectivity index (χ3v) is 7.10. The topological polar surface area (TPSA) is 66.5 Å². The number of hydrogen-bond acceptors (Lipinski definition) is 3. The van der Waals surface area contributed by atoms with Crippen molar-refractivity contribution in [3.05, 3.63) is 58.1 Å². The zero-order valence-corrected chi connectivity index (χ0v) is 16.3. The maximum Gasteiger partial charge on any atom is 0.255 e. The van der Waals surface area contributed by atoms with E-state index in [2.05, 4.69) is 5.32 Å². The molecule has 0 bridgehead atoms. The number of carbonyl (C=O) groups is 1. The van der Waals surface area contributed by atoms with Gasteiger partial charge in [0, 0.05) is 24.3 Å². The standard InChI is InChI=1S/C19H21ClN2O3S/c1-13-6-5-7-16(14(13)2)19(23)21-15-8-9-17(20)18(12-15)26(24,25)22-10-3-4-11-22/h5-9,12H,3-4,10-11H2,1-2H3,(H,21,23). The van der Waals surface area contributed by atoms with Crippen LogP contribution in [0.4, 0.5) is 5.69 Å². The quantitative estimate of drug-likeness (QED) is 0.855. The Kier molecular flexibility index (Phi) is 5.37. The highest BCUT2D eigenvalue weighted by Gasteiger charge is 2.29. The first-order chi connectivity index (χ1) is 12.3. The van der Waals surface area contributed by atoms with Gasteiger partial charge >= 0.3 is 0 Å². The average Bonchev–Trinajstić information content (AvgIpc) is 3.14. The Morgan fingerprint density at radius 2 is 1.81 bits per heavy atom. The van der Waals surface area contributed by atoms with Crippen molar-refractivity contribution in [2.75, 3.05) is 18.4 Å². The van der Waals surface area contributed by atoms with E-state index in [0.29, 0.717) is 24.3 Å². The van der Waals surface area contributed by atoms with E-state index in [4.69, 9.17) is 11.6 Å². The van der Waals surface area contributed by atoms with Crippen molar-refractivity contribution in [3.63, 3.8) is 0 Å². The third-order valence-electron chi connectivity index (χ3n) is 4.72. The van der Waals surface area contributed by atoms with Gasteiger partial charge in [0.05, 0.1) is 5.02 Å². The Bertz CT molecular complexity index is 951. The van der Waals surface area contributed by atoms with Crippen molar-refractivity contribution in [3.8, 4) is 0 Å². The van der Waals surface area contributed by atoms with Crippen LogP contribution in [0.3, 0.4) is 0 Å². The van der Waals surface area contributed by atoms with Gasteiger partial charge in [-0.15, -0.1) is 0 Å². The summed E-state index contributed by atoms with van der Waals surface area (Å²) in [6.45, 7) is 4.82. The van der Waals surface area contributed by atoms with Gasteiger partial charge in [-0.1, -0.05) is 23.7 Å². The molecular formula is C19H21ClN2O3S. The van der Waals surface area contributed by atoms with Gasteiger partial charge in [-0.3, -0.25) is 4.79 Å². The lowest BCUT2D eigenvalue weighted by molar-refractivity contribution is 0.102. The van der Waals surface area contributed by atoms with Crippen molar-refractivity contribution < 1.29 is 13.2 Å². The van der Waals surface area contributed by atoms with Gasteiger partial charge in [-0.25, -0.2) is 8.42 Å². The summed E-state index contributed by atoms with van der Waals surface area (Å²) >= 11 is 6.14. The van der Waals surface area contributed by atoms with Crippen LogP contribution in [-0.4, -0.2) is 31.7 Å². The van der Waals surface area contributed by atoms with Crippen LogP contribution in [0.1, 0.15) is 34.3 Å². The van der Waals surface area contributed by atoms with Crippen molar-refractivity contribution in [2.45, 2.75) is 31.6 Å². The predicted octanol–water partition coefficient (Wildman–Crippen LogP) is 3.99. The van der Waals surface area contributed by atoms with E-state index in [-0.39, 0.29) is 15.8 Å². The monoisotopic (exact) mass is 392 g/mol. The second kappa shape index (κ2) is 7.39. The maximum absolute atomic E-state index is 12.8. The molecule has 138 valence electrons. The van der Waals surface area contributed by atoms with Crippen LogP contribution in [0.15, 0.2) is 41.3 Å².